The monoisotopic (exact) mass is 320 g/mol. The Hall–Kier alpha value is -1.26. The number of nitrogens with one attached hydrogen (secondary N) is 2. The number of rotatable bonds is 5. The van der Waals surface area contributed by atoms with Gasteiger partial charge in [-0.15, -0.1) is 0 Å². The molecule has 1 aliphatic heterocycles. The first-order valence-electron chi connectivity index (χ1n) is 9.53. The van der Waals surface area contributed by atoms with Crippen LogP contribution in [0.15, 0.2) is 4.99 Å². The van der Waals surface area contributed by atoms with Crippen molar-refractivity contribution < 1.29 is 4.79 Å². The highest BCUT2D eigenvalue weighted by molar-refractivity contribution is 5.81. The Morgan fingerprint density at radius 1 is 1.22 bits per heavy atom. The van der Waals surface area contributed by atoms with Crippen LogP contribution in [0.5, 0.6) is 0 Å². The number of hydrogen-bond donors (Lipinski definition) is 2. The minimum absolute atomic E-state index is 0.161. The van der Waals surface area contributed by atoms with Crippen LogP contribution >= 0.6 is 0 Å². The molecule has 2 aliphatic carbocycles. The fourth-order valence-corrected chi connectivity index (χ4v) is 4.26. The fourth-order valence-electron chi connectivity index (χ4n) is 4.26. The van der Waals surface area contributed by atoms with Crippen LogP contribution in [0.3, 0.4) is 0 Å². The molecule has 130 valence electrons. The normalized spacial score (nSPS) is 24.0. The molecule has 1 spiro atoms. The molecule has 2 N–H and O–H groups in total. The van der Waals surface area contributed by atoms with Crippen LogP contribution in [0.4, 0.5) is 0 Å². The van der Waals surface area contributed by atoms with E-state index in [1.54, 1.807) is 0 Å². The van der Waals surface area contributed by atoms with E-state index in [4.69, 9.17) is 4.99 Å². The van der Waals surface area contributed by atoms with Crippen LogP contribution in [0.2, 0.25) is 0 Å². The first-order valence-corrected chi connectivity index (χ1v) is 9.53. The largest absolute Gasteiger partial charge is 0.357 e. The van der Waals surface area contributed by atoms with Gasteiger partial charge in [-0.05, 0) is 44.4 Å². The maximum atomic E-state index is 12.0. The lowest BCUT2D eigenvalue weighted by Crippen LogP contribution is -2.42. The van der Waals surface area contributed by atoms with Gasteiger partial charge in [-0.25, -0.2) is 0 Å². The third-order valence-corrected chi connectivity index (χ3v) is 5.81. The number of carbonyl (C=O) groups is 1. The molecule has 0 atom stereocenters. The van der Waals surface area contributed by atoms with E-state index in [1.165, 1.54) is 38.5 Å². The van der Waals surface area contributed by atoms with Gasteiger partial charge in [0.15, 0.2) is 5.96 Å². The van der Waals surface area contributed by atoms with E-state index in [0.29, 0.717) is 24.4 Å². The average Bonchev–Trinajstić information content (AvgIpc) is 3.15. The molecule has 23 heavy (non-hydrogen) atoms. The van der Waals surface area contributed by atoms with Gasteiger partial charge in [0.05, 0.1) is 6.54 Å². The topological polar surface area (TPSA) is 56.7 Å². The second-order valence-electron chi connectivity index (χ2n) is 7.56. The molecule has 0 aromatic carbocycles. The van der Waals surface area contributed by atoms with Crippen LogP contribution in [0.1, 0.15) is 64.7 Å². The SMILES string of the molecule is CCNC(=NCCC(=O)NC1CCCC1)N1CCC2(CCC2)C1. The Balaban J connectivity index is 1.45. The zero-order valence-corrected chi connectivity index (χ0v) is 14.6. The molecule has 0 aromatic rings. The first kappa shape index (κ1) is 16.6. The van der Waals surface area contributed by atoms with Gasteiger partial charge < -0.3 is 15.5 Å². The van der Waals surface area contributed by atoms with Gasteiger partial charge in [-0.1, -0.05) is 19.3 Å². The Labute approximate surface area is 140 Å². The predicted octanol–water partition coefficient (Wildman–Crippen LogP) is 2.28. The van der Waals surface area contributed by atoms with Crippen molar-refractivity contribution in [2.75, 3.05) is 26.2 Å². The summed E-state index contributed by atoms with van der Waals surface area (Å²) in [4.78, 5) is 19.1. The van der Waals surface area contributed by atoms with Crippen LogP contribution in [0.25, 0.3) is 0 Å². The quantitative estimate of drug-likeness (QED) is 0.603. The molecule has 5 nitrogen and oxygen atoms in total. The molecule has 3 rings (SSSR count). The number of aliphatic imine (C=N–C) groups is 1. The highest BCUT2D eigenvalue weighted by Gasteiger charge is 2.43. The molecule has 0 unspecified atom stereocenters. The van der Waals surface area contributed by atoms with Crippen molar-refractivity contribution in [3.05, 3.63) is 0 Å². The molecule has 0 radical (unpaired) electrons. The molecule has 1 amide bonds. The lowest BCUT2D eigenvalue weighted by Gasteiger charge is -2.38. The van der Waals surface area contributed by atoms with Crippen molar-refractivity contribution in [3.8, 4) is 0 Å². The van der Waals surface area contributed by atoms with Crippen molar-refractivity contribution in [2.24, 2.45) is 10.4 Å². The molecule has 0 aromatic heterocycles. The van der Waals surface area contributed by atoms with Crippen molar-refractivity contribution in [3.63, 3.8) is 0 Å². The van der Waals surface area contributed by atoms with Gasteiger partial charge in [-0.3, -0.25) is 9.79 Å². The second-order valence-corrected chi connectivity index (χ2v) is 7.56. The van der Waals surface area contributed by atoms with Crippen LogP contribution in [0, 0.1) is 5.41 Å². The van der Waals surface area contributed by atoms with E-state index in [2.05, 4.69) is 22.5 Å². The van der Waals surface area contributed by atoms with Gasteiger partial charge in [0.2, 0.25) is 5.91 Å². The van der Waals surface area contributed by atoms with Crippen LogP contribution in [-0.4, -0.2) is 49.0 Å². The summed E-state index contributed by atoms with van der Waals surface area (Å²) < 4.78 is 0. The zero-order chi connectivity index (χ0) is 16.1. The lowest BCUT2D eigenvalue weighted by molar-refractivity contribution is -0.121. The minimum atomic E-state index is 0.161. The fraction of sp³-hybridized carbons (Fsp3) is 0.889. The molecule has 0 bridgehead atoms. The molecule has 2 saturated carbocycles. The summed E-state index contributed by atoms with van der Waals surface area (Å²) >= 11 is 0. The molecule has 3 fully saturated rings. The zero-order valence-electron chi connectivity index (χ0n) is 14.6. The van der Waals surface area contributed by atoms with Gasteiger partial charge in [0, 0.05) is 32.1 Å². The number of guanidine groups is 1. The Kier molecular flexibility index (Phi) is 5.44. The maximum Gasteiger partial charge on any atom is 0.222 e. The maximum absolute atomic E-state index is 12.0. The van der Waals surface area contributed by atoms with Gasteiger partial charge >= 0.3 is 0 Å². The molecule has 1 heterocycles. The van der Waals surface area contributed by atoms with Gasteiger partial charge in [0.1, 0.15) is 0 Å². The van der Waals surface area contributed by atoms with Crippen LogP contribution in [-0.2, 0) is 4.79 Å². The smallest absolute Gasteiger partial charge is 0.222 e. The second kappa shape index (κ2) is 7.54. The molecule has 3 aliphatic rings. The van der Waals surface area contributed by atoms with Crippen molar-refractivity contribution in [1.82, 2.24) is 15.5 Å². The summed E-state index contributed by atoms with van der Waals surface area (Å²) in [6.07, 6.45) is 10.8. The van der Waals surface area contributed by atoms with Gasteiger partial charge in [-0.2, -0.15) is 0 Å². The number of amides is 1. The summed E-state index contributed by atoms with van der Waals surface area (Å²) in [6, 6.07) is 0.414. The van der Waals surface area contributed by atoms with E-state index in [1.807, 2.05) is 0 Å². The number of carbonyl (C=O) groups excluding carboxylic acids is 1. The van der Waals surface area contributed by atoms with Crippen molar-refractivity contribution in [2.45, 2.75) is 70.8 Å². The minimum Gasteiger partial charge on any atom is -0.357 e. The standard InChI is InChI=1S/C18H32N4O/c1-2-19-17(22-13-11-18(14-22)9-5-10-18)20-12-8-16(23)21-15-6-3-4-7-15/h15H,2-14H2,1H3,(H,19,20)(H,21,23). The van der Waals surface area contributed by atoms with Crippen LogP contribution < -0.4 is 10.6 Å². The lowest BCUT2D eigenvalue weighted by atomic mass is 9.68. The number of likely N-dealkylation sites (tertiary alicyclic amines) is 1. The molecular formula is C18H32N4O. The van der Waals surface area contributed by atoms with Crippen molar-refractivity contribution in [1.29, 1.82) is 0 Å². The predicted molar refractivity (Wildman–Crippen MR) is 93.5 cm³/mol. The third kappa shape index (κ3) is 4.18. The average molecular weight is 320 g/mol. The van der Waals surface area contributed by atoms with E-state index in [9.17, 15) is 4.79 Å². The first-order chi connectivity index (χ1) is 11.2. The molecular weight excluding hydrogens is 288 g/mol. The molecule has 5 heteroatoms. The Morgan fingerprint density at radius 2 is 2.00 bits per heavy atom. The summed E-state index contributed by atoms with van der Waals surface area (Å²) in [6.45, 7) is 5.84. The summed E-state index contributed by atoms with van der Waals surface area (Å²) in [5, 5.41) is 6.54. The Bertz CT molecular complexity index is 438. The highest BCUT2D eigenvalue weighted by Crippen LogP contribution is 2.47. The van der Waals surface area contributed by atoms with E-state index in [-0.39, 0.29) is 5.91 Å². The van der Waals surface area contributed by atoms with E-state index < -0.39 is 0 Å². The van der Waals surface area contributed by atoms with Crippen molar-refractivity contribution >= 4 is 11.9 Å². The van der Waals surface area contributed by atoms with E-state index in [0.717, 1.165) is 38.4 Å². The summed E-state index contributed by atoms with van der Waals surface area (Å²) in [5.74, 6) is 1.17. The summed E-state index contributed by atoms with van der Waals surface area (Å²) in [7, 11) is 0. The van der Waals surface area contributed by atoms with E-state index >= 15 is 0 Å². The molecule has 1 saturated heterocycles. The van der Waals surface area contributed by atoms with Gasteiger partial charge in [0.25, 0.3) is 0 Å². The Morgan fingerprint density at radius 3 is 2.61 bits per heavy atom. The number of nitrogens with zero attached hydrogens (tertiary/aromatic N) is 2. The number of hydrogen-bond acceptors (Lipinski definition) is 2. The summed E-state index contributed by atoms with van der Waals surface area (Å²) in [5.41, 5.74) is 0.579. The highest BCUT2D eigenvalue weighted by atomic mass is 16.1. The third-order valence-electron chi connectivity index (χ3n) is 5.81.